The Kier molecular flexibility index (Phi) is 7.25. The largest absolute Gasteiger partial charge is 0.497 e. The summed E-state index contributed by atoms with van der Waals surface area (Å²) in [6.45, 7) is 8.01. The number of rotatable bonds is 8. The lowest BCUT2D eigenvalue weighted by Crippen LogP contribution is -2.33. The third-order valence-corrected chi connectivity index (χ3v) is 4.19. The summed E-state index contributed by atoms with van der Waals surface area (Å²) in [5, 5.41) is 17.0. The van der Waals surface area contributed by atoms with E-state index in [1.54, 1.807) is 27.9 Å². The first kappa shape index (κ1) is 22.3. The SMILES string of the molecule is CCc1c(-c2ccc(OC)cc2)nn(CCCNC(=O)OC(C)(C)C)c1C(=O)O. The Morgan fingerprint density at radius 1 is 1.21 bits per heavy atom. The fraction of sp³-hybridized carbons (Fsp3) is 0.476. The molecule has 0 aliphatic carbocycles. The maximum absolute atomic E-state index is 11.9. The van der Waals surface area contributed by atoms with E-state index in [-0.39, 0.29) is 5.69 Å². The van der Waals surface area contributed by atoms with Crippen LogP contribution in [0.5, 0.6) is 5.75 Å². The van der Waals surface area contributed by atoms with Crippen molar-refractivity contribution in [1.82, 2.24) is 15.1 Å². The van der Waals surface area contributed by atoms with Crippen LogP contribution in [0.1, 0.15) is 50.2 Å². The van der Waals surface area contributed by atoms with E-state index in [0.29, 0.717) is 37.2 Å². The van der Waals surface area contributed by atoms with Crippen molar-refractivity contribution in [3.63, 3.8) is 0 Å². The number of amides is 1. The molecule has 0 fully saturated rings. The molecule has 1 aromatic heterocycles. The molecule has 8 heteroatoms. The van der Waals surface area contributed by atoms with Crippen molar-refractivity contribution in [2.45, 2.75) is 52.7 Å². The first-order valence-corrected chi connectivity index (χ1v) is 9.60. The summed E-state index contributed by atoms with van der Waals surface area (Å²) in [5.41, 5.74) is 1.77. The molecule has 0 aliphatic rings. The molecule has 0 spiro atoms. The molecule has 0 radical (unpaired) electrons. The summed E-state index contributed by atoms with van der Waals surface area (Å²) in [4.78, 5) is 23.6. The lowest BCUT2D eigenvalue weighted by atomic mass is 10.0. The minimum atomic E-state index is -1.02. The van der Waals surface area contributed by atoms with Crippen LogP contribution in [-0.2, 0) is 17.7 Å². The highest BCUT2D eigenvalue weighted by Gasteiger charge is 2.23. The normalized spacial score (nSPS) is 11.2. The van der Waals surface area contributed by atoms with Gasteiger partial charge in [-0.25, -0.2) is 9.59 Å². The molecule has 0 atom stereocenters. The fourth-order valence-electron chi connectivity index (χ4n) is 2.95. The van der Waals surface area contributed by atoms with E-state index >= 15 is 0 Å². The van der Waals surface area contributed by atoms with E-state index in [0.717, 1.165) is 11.3 Å². The molecule has 2 aromatic rings. The molecule has 29 heavy (non-hydrogen) atoms. The summed E-state index contributed by atoms with van der Waals surface area (Å²) in [7, 11) is 1.59. The van der Waals surface area contributed by atoms with Crippen LogP contribution >= 0.6 is 0 Å². The molecule has 0 saturated heterocycles. The molecule has 0 bridgehead atoms. The van der Waals surface area contributed by atoms with Crippen LogP contribution in [0.25, 0.3) is 11.3 Å². The van der Waals surface area contributed by atoms with Crippen molar-refractivity contribution in [3.8, 4) is 17.0 Å². The number of benzene rings is 1. The first-order valence-electron chi connectivity index (χ1n) is 9.60. The molecule has 158 valence electrons. The van der Waals surface area contributed by atoms with Crippen molar-refractivity contribution in [3.05, 3.63) is 35.5 Å². The molecule has 1 amide bonds. The number of aromatic nitrogens is 2. The minimum absolute atomic E-state index is 0.176. The van der Waals surface area contributed by atoms with Crippen molar-refractivity contribution in [1.29, 1.82) is 0 Å². The van der Waals surface area contributed by atoms with Gasteiger partial charge in [0.1, 0.15) is 17.0 Å². The monoisotopic (exact) mass is 403 g/mol. The number of ether oxygens (including phenoxy) is 2. The summed E-state index contributed by atoms with van der Waals surface area (Å²) in [6.07, 6.45) is 0.565. The average molecular weight is 403 g/mol. The number of carbonyl (C=O) groups is 2. The molecular weight excluding hydrogens is 374 g/mol. The Hall–Kier alpha value is -3.03. The number of nitrogens with zero attached hydrogens (tertiary/aromatic N) is 2. The predicted octanol–water partition coefficient (Wildman–Crippen LogP) is 3.73. The molecule has 2 rings (SSSR count). The van der Waals surface area contributed by atoms with Gasteiger partial charge in [0.25, 0.3) is 0 Å². The van der Waals surface area contributed by atoms with Gasteiger partial charge in [-0.1, -0.05) is 6.92 Å². The van der Waals surface area contributed by atoms with Gasteiger partial charge in [0.05, 0.1) is 12.8 Å². The van der Waals surface area contributed by atoms with Gasteiger partial charge in [-0.3, -0.25) is 4.68 Å². The van der Waals surface area contributed by atoms with Crippen LogP contribution in [0, 0.1) is 0 Å². The zero-order valence-corrected chi connectivity index (χ0v) is 17.6. The average Bonchev–Trinajstić information content (AvgIpc) is 3.02. The second-order valence-corrected chi connectivity index (χ2v) is 7.57. The van der Waals surface area contributed by atoms with Gasteiger partial charge in [-0.05, 0) is 57.9 Å². The molecular formula is C21H29N3O5. The highest BCUT2D eigenvalue weighted by molar-refractivity contribution is 5.90. The molecule has 0 saturated carbocycles. The number of carboxylic acids is 1. The zero-order chi connectivity index (χ0) is 21.6. The van der Waals surface area contributed by atoms with E-state index in [1.807, 2.05) is 31.2 Å². The highest BCUT2D eigenvalue weighted by Crippen LogP contribution is 2.28. The van der Waals surface area contributed by atoms with E-state index in [4.69, 9.17) is 9.47 Å². The van der Waals surface area contributed by atoms with Crippen molar-refractivity contribution in [2.24, 2.45) is 0 Å². The minimum Gasteiger partial charge on any atom is -0.497 e. The van der Waals surface area contributed by atoms with Gasteiger partial charge in [0, 0.05) is 24.2 Å². The maximum atomic E-state index is 11.9. The molecule has 8 nitrogen and oxygen atoms in total. The fourth-order valence-corrected chi connectivity index (χ4v) is 2.95. The van der Waals surface area contributed by atoms with Crippen molar-refractivity contribution >= 4 is 12.1 Å². The number of nitrogens with one attached hydrogen (secondary N) is 1. The van der Waals surface area contributed by atoms with E-state index in [9.17, 15) is 14.7 Å². The summed E-state index contributed by atoms with van der Waals surface area (Å²) in [5.74, 6) is -0.299. The van der Waals surface area contributed by atoms with Gasteiger partial charge < -0.3 is 19.9 Å². The van der Waals surface area contributed by atoms with Crippen LogP contribution in [0.3, 0.4) is 0 Å². The van der Waals surface area contributed by atoms with Gasteiger partial charge >= 0.3 is 12.1 Å². The standard InChI is InChI=1S/C21H29N3O5/c1-6-16-17(14-8-10-15(28-5)11-9-14)23-24(18(16)19(25)26)13-7-12-22-20(27)29-21(2,3)4/h8-11H,6-7,12-13H2,1-5H3,(H,22,27)(H,25,26). The second kappa shape index (κ2) is 9.45. The van der Waals surface area contributed by atoms with Gasteiger partial charge in [-0.2, -0.15) is 5.10 Å². The van der Waals surface area contributed by atoms with Crippen LogP contribution in [-0.4, -0.2) is 46.2 Å². The lowest BCUT2D eigenvalue weighted by molar-refractivity contribution is 0.0524. The number of hydrogen-bond donors (Lipinski definition) is 2. The number of hydrogen-bond acceptors (Lipinski definition) is 5. The Morgan fingerprint density at radius 2 is 1.86 bits per heavy atom. The first-order chi connectivity index (χ1) is 13.7. The van der Waals surface area contributed by atoms with Crippen LogP contribution < -0.4 is 10.1 Å². The summed E-state index contributed by atoms with van der Waals surface area (Å²) >= 11 is 0. The Labute approximate surface area is 170 Å². The van der Waals surface area contributed by atoms with Crippen molar-refractivity contribution in [2.75, 3.05) is 13.7 Å². The van der Waals surface area contributed by atoms with Gasteiger partial charge in [-0.15, -0.1) is 0 Å². The van der Waals surface area contributed by atoms with Crippen molar-refractivity contribution < 1.29 is 24.2 Å². The quantitative estimate of drug-likeness (QED) is 0.651. The Bertz CT molecular complexity index is 850. The smallest absolute Gasteiger partial charge is 0.407 e. The maximum Gasteiger partial charge on any atom is 0.407 e. The highest BCUT2D eigenvalue weighted by atomic mass is 16.6. The number of alkyl carbamates (subject to hydrolysis) is 1. The number of aromatic carboxylic acids is 1. The van der Waals surface area contributed by atoms with Crippen LogP contribution in [0.4, 0.5) is 4.79 Å². The van der Waals surface area contributed by atoms with E-state index < -0.39 is 17.7 Å². The third-order valence-electron chi connectivity index (χ3n) is 4.19. The lowest BCUT2D eigenvalue weighted by Gasteiger charge is -2.19. The number of aryl methyl sites for hydroxylation is 1. The summed E-state index contributed by atoms with van der Waals surface area (Å²) in [6, 6.07) is 7.36. The molecule has 1 heterocycles. The molecule has 0 unspecified atom stereocenters. The number of methoxy groups -OCH3 is 1. The number of carbonyl (C=O) groups excluding carboxylic acids is 1. The van der Waals surface area contributed by atoms with Crippen LogP contribution in [0.2, 0.25) is 0 Å². The predicted molar refractivity (Wildman–Crippen MR) is 109 cm³/mol. The molecule has 0 aliphatic heterocycles. The second-order valence-electron chi connectivity index (χ2n) is 7.57. The summed E-state index contributed by atoms with van der Waals surface area (Å²) < 4.78 is 11.9. The van der Waals surface area contributed by atoms with Crippen LogP contribution in [0.15, 0.2) is 24.3 Å². The van der Waals surface area contributed by atoms with Gasteiger partial charge in [0.2, 0.25) is 0 Å². The topological polar surface area (TPSA) is 103 Å². The Morgan fingerprint density at radius 3 is 2.38 bits per heavy atom. The zero-order valence-electron chi connectivity index (χ0n) is 17.6. The number of carboxylic acid groups (broad SMARTS) is 1. The third kappa shape index (κ3) is 5.97. The molecule has 2 N–H and O–H groups in total. The Balaban J connectivity index is 2.16. The molecule has 1 aromatic carbocycles. The van der Waals surface area contributed by atoms with Gasteiger partial charge in [0.15, 0.2) is 0 Å². The van der Waals surface area contributed by atoms with E-state index in [1.165, 1.54) is 4.68 Å². The van der Waals surface area contributed by atoms with E-state index in [2.05, 4.69) is 10.4 Å².